The van der Waals surface area contributed by atoms with E-state index in [0.717, 1.165) is 0 Å². The third-order valence-corrected chi connectivity index (χ3v) is 6.53. The van der Waals surface area contributed by atoms with Crippen molar-refractivity contribution in [2.24, 2.45) is 0 Å². The maximum absolute atomic E-state index is 5.10. The lowest BCUT2D eigenvalue weighted by atomic mass is 9.92. The summed E-state index contributed by atoms with van der Waals surface area (Å²) < 4.78 is 0. The molecular formula is C23H43NS. The third-order valence-electron chi connectivity index (χ3n) is 5.43. The Balaban J connectivity index is 2.49. The Morgan fingerprint density at radius 2 is 1.32 bits per heavy atom. The first-order chi connectivity index (χ1) is 12.2. The lowest BCUT2D eigenvalue weighted by molar-refractivity contribution is 0.496. The molecule has 2 atom stereocenters. The number of unbranched alkanes of at least 4 members (excludes halogenated alkanes) is 8. The minimum atomic E-state index is 0.645. The third kappa shape index (κ3) is 9.78. The molecule has 2 heteroatoms. The van der Waals surface area contributed by atoms with Gasteiger partial charge < -0.3 is 0 Å². The molecule has 0 saturated heterocycles. The number of hydrogen-bond acceptors (Lipinski definition) is 2. The summed E-state index contributed by atoms with van der Waals surface area (Å²) in [7, 11) is 0. The Morgan fingerprint density at radius 3 is 2.00 bits per heavy atom. The zero-order valence-electron chi connectivity index (χ0n) is 17.5. The fourth-order valence-corrected chi connectivity index (χ4v) is 4.60. The molecule has 1 rings (SSSR count). The molecule has 0 bridgehead atoms. The maximum Gasteiger partial charge on any atom is 0.0956 e. The molecule has 1 aromatic heterocycles. The molecule has 0 saturated carbocycles. The number of aromatic nitrogens is 1. The second-order valence-corrected chi connectivity index (χ2v) is 8.79. The highest BCUT2D eigenvalue weighted by molar-refractivity contribution is 7.09. The highest BCUT2D eigenvalue weighted by Gasteiger charge is 2.17. The van der Waals surface area contributed by atoms with Gasteiger partial charge in [0, 0.05) is 17.2 Å². The molecule has 1 aromatic rings. The van der Waals surface area contributed by atoms with E-state index in [-0.39, 0.29) is 0 Å². The normalized spacial score (nSPS) is 13.9. The van der Waals surface area contributed by atoms with Crippen LogP contribution in [0.2, 0.25) is 0 Å². The Bertz CT molecular complexity index is 412. The van der Waals surface area contributed by atoms with E-state index in [4.69, 9.17) is 4.98 Å². The van der Waals surface area contributed by atoms with Gasteiger partial charge in [0.25, 0.3) is 0 Å². The predicted molar refractivity (Wildman–Crippen MR) is 115 cm³/mol. The van der Waals surface area contributed by atoms with E-state index < -0.39 is 0 Å². The molecule has 1 heterocycles. The molecule has 0 radical (unpaired) electrons. The highest BCUT2D eigenvalue weighted by Crippen LogP contribution is 2.32. The van der Waals surface area contributed by atoms with Crippen LogP contribution in [0.5, 0.6) is 0 Å². The zero-order valence-corrected chi connectivity index (χ0v) is 18.3. The maximum atomic E-state index is 5.10. The molecule has 146 valence electrons. The molecule has 1 nitrogen and oxygen atoms in total. The van der Waals surface area contributed by atoms with Crippen molar-refractivity contribution in [3.63, 3.8) is 0 Å². The fourth-order valence-electron chi connectivity index (χ4n) is 3.60. The molecule has 0 aromatic carbocycles. The molecule has 0 aliphatic carbocycles. The molecule has 0 spiro atoms. The lowest BCUT2D eigenvalue weighted by Gasteiger charge is -2.15. The van der Waals surface area contributed by atoms with E-state index in [2.05, 4.69) is 33.1 Å². The largest absolute Gasteiger partial charge is 0.246 e. The lowest BCUT2D eigenvalue weighted by Crippen LogP contribution is -2.01. The Labute approximate surface area is 162 Å². The quantitative estimate of drug-likeness (QED) is 0.266. The van der Waals surface area contributed by atoms with Crippen molar-refractivity contribution in [2.45, 2.75) is 129 Å². The van der Waals surface area contributed by atoms with E-state index in [0.29, 0.717) is 11.8 Å². The molecule has 2 unspecified atom stereocenters. The van der Waals surface area contributed by atoms with Crippen molar-refractivity contribution >= 4 is 11.3 Å². The molecule has 0 amide bonds. The number of rotatable bonds is 16. The first-order valence-electron chi connectivity index (χ1n) is 11.2. The average molecular weight is 366 g/mol. The average Bonchev–Trinajstić information content (AvgIpc) is 3.11. The molecule has 25 heavy (non-hydrogen) atoms. The standard InChI is InChI=1S/C23H43NS/c1-5-8-11-13-15-18-21(17-10-7-3)22-19-25-23(24-22)20(4)16-14-12-9-6-2/h19-21H,5-18H2,1-4H3. The van der Waals surface area contributed by atoms with Crippen molar-refractivity contribution in [1.29, 1.82) is 0 Å². The van der Waals surface area contributed by atoms with Gasteiger partial charge in [-0.2, -0.15) is 0 Å². The minimum absolute atomic E-state index is 0.645. The van der Waals surface area contributed by atoms with E-state index in [1.807, 2.05) is 11.3 Å². The SMILES string of the molecule is CCCCCCCC(CCCC)c1csc(C(C)CCCCCC)n1. The van der Waals surface area contributed by atoms with E-state index in [1.165, 1.54) is 101 Å². The van der Waals surface area contributed by atoms with Gasteiger partial charge in [0.2, 0.25) is 0 Å². The van der Waals surface area contributed by atoms with Gasteiger partial charge in [0.05, 0.1) is 10.7 Å². The molecule has 0 N–H and O–H groups in total. The Hall–Kier alpha value is -0.370. The smallest absolute Gasteiger partial charge is 0.0956 e. The summed E-state index contributed by atoms with van der Waals surface area (Å²) in [6, 6.07) is 0. The molecular weight excluding hydrogens is 322 g/mol. The summed E-state index contributed by atoms with van der Waals surface area (Å²) in [6.07, 6.45) is 19.0. The van der Waals surface area contributed by atoms with Gasteiger partial charge in [-0.25, -0.2) is 4.98 Å². The van der Waals surface area contributed by atoms with Crippen LogP contribution in [-0.2, 0) is 0 Å². The molecule has 0 fully saturated rings. The number of nitrogens with zero attached hydrogens (tertiary/aromatic N) is 1. The second-order valence-electron chi connectivity index (χ2n) is 7.90. The summed E-state index contributed by atoms with van der Waals surface area (Å²) in [5.74, 6) is 1.35. The fraction of sp³-hybridized carbons (Fsp3) is 0.870. The van der Waals surface area contributed by atoms with Crippen LogP contribution in [0.3, 0.4) is 0 Å². The summed E-state index contributed by atoms with van der Waals surface area (Å²) in [5, 5.41) is 3.77. The van der Waals surface area contributed by atoms with E-state index in [1.54, 1.807) is 0 Å². The Morgan fingerprint density at radius 1 is 0.760 bits per heavy atom. The summed E-state index contributed by atoms with van der Waals surface area (Å²) in [4.78, 5) is 5.10. The van der Waals surface area contributed by atoms with Crippen molar-refractivity contribution < 1.29 is 0 Å². The first-order valence-corrected chi connectivity index (χ1v) is 12.1. The van der Waals surface area contributed by atoms with Crippen molar-refractivity contribution in [3.8, 4) is 0 Å². The minimum Gasteiger partial charge on any atom is -0.246 e. The zero-order chi connectivity index (χ0) is 18.3. The van der Waals surface area contributed by atoms with Gasteiger partial charge in [0.1, 0.15) is 0 Å². The Kier molecular flexibility index (Phi) is 13.4. The van der Waals surface area contributed by atoms with Crippen LogP contribution in [-0.4, -0.2) is 4.98 Å². The highest BCUT2D eigenvalue weighted by atomic mass is 32.1. The van der Waals surface area contributed by atoms with Gasteiger partial charge in [0.15, 0.2) is 0 Å². The van der Waals surface area contributed by atoms with Crippen LogP contribution in [0.1, 0.15) is 140 Å². The van der Waals surface area contributed by atoms with Gasteiger partial charge in [-0.05, 0) is 19.3 Å². The summed E-state index contributed by atoms with van der Waals surface area (Å²) >= 11 is 1.92. The van der Waals surface area contributed by atoms with Gasteiger partial charge in [-0.3, -0.25) is 0 Å². The van der Waals surface area contributed by atoms with Crippen LogP contribution in [0, 0.1) is 0 Å². The molecule has 0 aliphatic rings. The van der Waals surface area contributed by atoms with Crippen LogP contribution in [0.25, 0.3) is 0 Å². The van der Waals surface area contributed by atoms with Gasteiger partial charge >= 0.3 is 0 Å². The summed E-state index contributed by atoms with van der Waals surface area (Å²) in [5.41, 5.74) is 1.41. The number of thiazole rings is 1. The monoisotopic (exact) mass is 365 g/mol. The summed E-state index contributed by atoms with van der Waals surface area (Å²) in [6.45, 7) is 9.27. The van der Waals surface area contributed by atoms with Crippen LogP contribution in [0.4, 0.5) is 0 Å². The van der Waals surface area contributed by atoms with Crippen LogP contribution < -0.4 is 0 Å². The van der Waals surface area contributed by atoms with Crippen LogP contribution in [0.15, 0.2) is 5.38 Å². The number of hydrogen-bond donors (Lipinski definition) is 0. The second kappa shape index (κ2) is 14.8. The predicted octanol–water partition coefficient (Wildman–Crippen LogP) is 8.85. The molecule has 0 aliphatic heterocycles. The van der Waals surface area contributed by atoms with Crippen LogP contribution >= 0.6 is 11.3 Å². The topological polar surface area (TPSA) is 12.9 Å². The van der Waals surface area contributed by atoms with Crippen molar-refractivity contribution in [3.05, 3.63) is 16.1 Å². The van der Waals surface area contributed by atoms with E-state index in [9.17, 15) is 0 Å². The first kappa shape index (κ1) is 22.7. The van der Waals surface area contributed by atoms with Crippen molar-refractivity contribution in [2.75, 3.05) is 0 Å². The van der Waals surface area contributed by atoms with Crippen molar-refractivity contribution in [1.82, 2.24) is 4.98 Å². The van der Waals surface area contributed by atoms with Gasteiger partial charge in [-0.1, -0.05) is 98.3 Å². The van der Waals surface area contributed by atoms with Gasteiger partial charge in [-0.15, -0.1) is 11.3 Å². The van der Waals surface area contributed by atoms with E-state index >= 15 is 0 Å².